The number of hydrogen-bond acceptors (Lipinski definition) is 4. The van der Waals surface area contributed by atoms with Crippen LogP contribution >= 0.6 is 0 Å². The van der Waals surface area contributed by atoms with E-state index in [1.54, 1.807) is 0 Å². The van der Waals surface area contributed by atoms with Crippen LogP contribution in [0.25, 0.3) is 0 Å². The number of amides is 1. The van der Waals surface area contributed by atoms with Crippen molar-refractivity contribution in [3.63, 3.8) is 0 Å². The van der Waals surface area contributed by atoms with Crippen molar-refractivity contribution < 1.29 is 14.7 Å². The standard InChI is InChI=1S/C14H27N3O3/c1-10(2)11(9-12(18)19)16-13(20)14(3,4)17-7-5-15-6-8-17/h10-11,15H,5-9H2,1-4H3,(H,16,20)(H,18,19). The fraction of sp³-hybridized carbons (Fsp3) is 0.857. The van der Waals surface area contributed by atoms with Gasteiger partial charge in [0.1, 0.15) is 0 Å². The smallest absolute Gasteiger partial charge is 0.305 e. The van der Waals surface area contributed by atoms with Crippen LogP contribution in [0.3, 0.4) is 0 Å². The third-order valence-electron chi connectivity index (χ3n) is 3.98. The average Bonchev–Trinajstić information content (AvgIpc) is 2.38. The molecule has 1 rings (SSSR count). The van der Waals surface area contributed by atoms with Gasteiger partial charge in [-0.1, -0.05) is 13.8 Å². The highest BCUT2D eigenvalue weighted by Gasteiger charge is 2.36. The van der Waals surface area contributed by atoms with Gasteiger partial charge < -0.3 is 15.7 Å². The molecule has 0 aromatic carbocycles. The zero-order valence-corrected chi connectivity index (χ0v) is 12.9. The molecule has 0 radical (unpaired) electrons. The number of aliphatic carboxylic acids is 1. The second-order valence-electron chi connectivity index (χ2n) is 6.22. The Hall–Kier alpha value is -1.14. The summed E-state index contributed by atoms with van der Waals surface area (Å²) in [5.41, 5.74) is -0.617. The van der Waals surface area contributed by atoms with Crippen LogP contribution in [-0.4, -0.2) is 59.6 Å². The van der Waals surface area contributed by atoms with E-state index in [0.717, 1.165) is 26.2 Å². The SMILES string of the molecule is CC(C)C(CC(=O)O)NC(=O)C(C)(C)N1CCNCC1. The van der Waals surface area contributed by atoms with E-state index >= 15 is 0 Å². The number of carboxylic acids is 1. The quantitative estimate of drug-likeness (QED) is 0.653. The molecule has 1 aliphatic heterocycles. The fourth-order valence-electron chi connectivity index (χ4n) is 2.35. The third-order valence-corrected chi connectivity index (χ3v) is 3.98. The molecular formula is C14H27N3O3. The summed E-state index contributed by atoms with van der Waals surface area (Å²) in [6, 6.07) is -0.331. The summed E-state index contributed by atoms with van der Waals surface area (Å²) in [6.45, 7) is 11.0. The summed E-state index contributed by atoms with van der Waals surface area (Å²) < 4.78 is 0. The minimum Gasteiger partial charge on any atom is -0.481 e. The molecule has 116 valence electrons. The second kappa shape index (κ2) is 7.04. The first-order valence-corrected chi connectivity index (χ1v) is 7.23. The third kappa shape index (κ3) is 4.45. The highest BCUT2D eigenvalue weighted by atomic mass is 16.4. The average molecular weight is 285 g/mol. The maximum atomic E-state index is 12.5. The zero-order valence-electron chi connectivity index (χ0n) is 12.9. The largest absolute Gasteiger partial charge is 0.481 e. The Kier molecular flexibility index (Phi) is 5.95. The highest BCUT2D eigenvalue weighted by molar-refractivity contribution is 5.86. The minimum atomic E-state index is -0.885. The van der Waals surface area contributed by atoms with E-state index in [9.17, 15) is 9.59 Å². The number of piperazine rings is 1. The first-order chi connectivity index (χ1) is 9.25. The summed E-state index contributed by atoms with van der Waals surface area (Å²) in [7, 11) is 0. The molecule has 1 fully saturated rings. The maximum Gasteiger partial charge on any atom is 0.305 e. The molecule has 0 aromatic rings. The predicted molar refractivity (Wildman–Crippen MR) is 77.5 cm³/mol. The maximum absolute atomic E-state index is 12.5. The van der Waals surface area contributed by atoms with Crippen molar-refractivity contribution >= 4 is 11.9 Å². The van der Waals surface area contributed by atoms with Crippen molar-refractivity contribution in [1.82, 2.24) is 15.5 Å². The van der Waals surface area contributed by atoms with Crippen LogP contribution in [0, 0.1) is 5.92 Å². The van der Waals surface area contributed by atoms with Crippen LogP contribution in [0.2, 0.25) is 0 Å². The summed E-state index contributed by atoms with van der Waals surface area (Å²) in [6.07, 6.45) is -0.0406. The Morgan fingerprint density at radius 3 is 2.30 bits per heavy atom. The molecule has 3 N–H and O–H groups in total. The lowest BCUT2D eigenvalue weighted by atomic mass is 9.96. The lowest BCUT2D eigenvalue weighted by Gasteiger charge is -2.40. The summed E-state index contributed by atoms with van der Waals surface area (Å²) in [5, 5.41) is 15.1. The number of carbonyl (C=O) groups excluding carboxylic acids is 1. The van der Waals surface area contributed by atoms with Crippen molar-refractivity contribution in [3.8, 4) is 0 Å². The molecule has 0 spiro atoms. The van der Waals surface area contributed by atoms with Gasteiger partial charge in [-0.2, -0.15) is 0 Å². The Balaban J connectivity index is 2.68. The summed E-state index contributed by atoms with van der Waals surface area (Å²) in [5.74, 6) is -0.891. The van der Waals surface area contributed by atoms with Gasteiger partial charge in [0.05, 0.1) is 12.0 Å². The predicted octanol–water partition coefficient (Wildman–Crippen LogP) is 0.286. The van der Waals surface area contributed by atoms with Gasteiger partial charge in [0.15, 0.2) is 0 Å². The van der Waals surface area contributed by atoms with Crippen molar-refractivity contribution in [2.75, 3.05) is 26.2 Å². The minimum absolute atomic E-state index is 0.0406. The molecule has 0 aromatic heterocycles. The van der Waals surface area contributed by atoms with Gasteiger partial charge in [0.2, 0.25) is 5.91 Å². The van der Waals surface area contributed by atoms with Crippen molar-refractivity contribution in [2.24, 2.45) is 5.92 Å². The topological polar surface area (TPSA) is 81.7 Å². The van der Waals surface area contributed by atoms with Crippen LogP contribution < -0.4 is 10.6 Å². The van der Waals surface area contributed by atoms with Crippen LogP contribution in [0.1, 0.15) is 34.1 Å². The van der Waals surface area contributed by atoms with Gasteiger partial charge in [0, 0.05) is 32.2 Å². The molecule has 6 nitrogen and oxygen atoms in total. The summed E-state index contributed by atoms with van der Waals surface area (Å²) >= 11 is 0. The van der Waals surface area contributed by atoms with E-state index in [1.165, 1.54) is 0 Å². The Morgan fingerprint density at radius 1 is 1.30 bits per heavy atom. The van der Waals surface area contributed by atoms with Gasteiger partial charge >= 0.3 is 5.97 Å². The molecule has 1 aliphatic rings. The molecule has 1 saturated heterocycles. The first-order valence-electron chi connectivity index (χ1n) is 7.23. The van der Waals surface area contributed by atoms with Gasteiger partial charge in [0.25, 0.3) is 0 Å². The van der Waals surface area contributed by atoms with E-state index < -0.39 is 11.5 Å². The van der Waals surface area contributed by atoms with E-state index in [1.807, 2.05) is 27.7 Å². The van der Waals surface area contributed by atoms with E-state index in [0.29, 0.717) is 0 Å². The monoisotopic (exact) mass is 285 g/mol. The molecule has 1 amide bonds. The molecule has 1 unspecified atom stereocenters. The van der Waals surface area contributed by atoms with E-state index in [2.05, 4.69) is 15.5 Å². The fourth-order valence-corrected chi connectivity index (χ4v) is 2.35. The molecule has 0 bridgehead atoms. The van der Waals surface area contributed by atoms with Crippen LogP contribution in [0.4, 0.5) is 0 Å². The van der Waals surface area contributed by atoms with Crippen LogP contribution in [0.5, 0.6) is 0 Å². The molecule has 6 heteroatoms. The lowest BCUT2D eigenvalue weighted by molar-refractivity contribution is -0.139. The molecule has 1 atom stereocenters. The van der Waals surface area contributed by atoms with Crippen molar-refractivity contribution in [1.29, 1.82) is 0 Å². The highest BCUT2D eigenvalue weighted by Crippen LogP contribution is 2.17. The zero-order chi connectivity index (χ0) is 15.3. The Labute approximate surface area is 120 Å². The van der Waals surface area contributed by atoms with E-state index in [-0.39, 0.29) is 24.3 Å². The van der Waals surface area contributed by atoms with Gasteiger partial charge in [-0.25, -0.2) is 0 Å². The molecule has 20 heavy (non-hydrogen) atoms. The molecule has 0 aliphatic carbocycles. The summed E-state index contributed by atoms with van der Waals surface area (Å²) in [4.78, 5) is 25.5. The number of carbonyl (C=O) groups is 2. The molecular weight excluding hydrogens is 258 g/mol. The number of nitrogens with zero attached hydrogens (tertiary/aromatic N) is 1. The van der Waals surface area contributed by atoms with E-state index in [4.69, 9.17) is 5.11 Å². The normalized spacial score (nSPS) is 18.9. The van der Waals surface area contributed by atoms with Gasteiger partial charge in [-0.3, -0.25) is 14.5 Å². The number of rotatable bonds is 6. The first kappa shape index (κ1) is 16.9. The van der Waals surface area contributed by atoms with Gasteiger partial charge in [-0.05, 0) is 19.8 Å². The van der Waals surface area contributed by atoms with Crippen LogP contribution in [-0.2, 0) is 9.59 Å². The van der Waals surface area contributed by atoms with Crippen molar-refractivity contribution in [2.45, 2.75) is 45.7 Å². The number of nitrogens with one attached hydrogen (secondary N) is 2. The van der Waals surface area contributed by atoms with Crippen molar-refractivity contribution in [3.05, 3.63) is 0 Å². The van der Waals surface area contributed by atoms with Gasteiger partial charge in [-0.15, -0.1) is 0 Å². The Morgan fingerprint density at radius 2 is 1.85 bits per heavy atom. The Bertz CT molecular complexity index is 350. The lowest BCUT2D eigenvalue weighted by Crippen LogP contribution is -2.61. The molecule has 0 saturated carbocycles. The van der Waals surface area contributed by atoms with Crippen LogP contribution in [0.15, 0.2) is 0 Å². The molecule has 1 heterocycles. The number of carboxylic acid groups (broad SMARTS) is 1. The number of hydrogen-bond donors (Lipinski definition) is 3. The second-order valence-corrected chi connectivity index (χ2v) is 6.22.